The van der Waals surface area contributed by atoms with Crippen LogP contribution in [0.5, 0.6) is 0 Å². The first-order chi connectivity index (χ1) is 16.2. The molecule has 0 bridgehead atoms. The predicted octanol–water partition coefficient (Wildman–Crippen LogP) is 1.09. The molecule has 190 valence electrons. The number of nitrogen functional groups attached to an aromatic ring is 1. The van der Waals surface area contributed by atoms with Crippen molar-refractivity contribution < 1.29 is 17.9 Å². The summed E-state index contributed by atoms with van der Waals surface area (Å²) in [4.78, 5) is 23.9. The van der Waals surface area contributed by atoms with Gasteiger partial charge < -0.3 is 25.2 Å². The smallest absolute Gasteiger partial charge is 0.225 e. The van der Waals surface area contributed by atoms with Crippen LogP contribution in [-0.2, 0) is 19.6 Å². The van der Waals surface area contributed by atoms with Crippen molar-refractivity contribution >= 4 is 33.1 Å². The van der Waals surface area contributed by atoms with E-state index in [1.54, 1.807) is 18.3 Å². The number of methoxy groups -OCH3 is 1. The standard InChI is InChI=1S/C23H38N6O4S/c1-4-34(31,32)28-11-8-26(9-12-28)20-15-19(24)23(25-22(20)18-5-6-18)27-10-13-29(17(2)16-27)21(30)7-14-33-3/h15,17-18H,4-14,16,24H2,1-3H3/t17-/m1/s1. The third-order valence-corrected chi connectivity index (χ3v) is 8.99. The molecule has 0 spiro atoms. The molecule has 0 unspecified atom stereocenters. The summed E-state index contributed by atoms with van der Waals surface area (Å²) in [6.07, 6.45) is 2.63. The summed E-state index contributed by atoms with van der Waals surface area (Å²) in [7, 11) is -1.56. The number of rotatable bonds is 8. The molecule has 3 heterocycles. The van der Waals surface area contributed by atoms with Gasteiger partial charge in [-0.1, -0.05) is 0 Å². The summed E-state index contributed by atoms with van der Waals surface area (Å²) in [5.41, 5.74) is 9.28. The van der Waals surface area contributed by atoms with E-state index in [4.69, 9.17) is 15.5 Å². The van der Waals surface area contributed by atoms with Crippen molar-refractivity contribution in [1.29, 1.82) is 0 Å². The zero-order chi connectivity index (χ0) is 24.5. The normalized spacial score (nSPS) is 22.3. The van der Waals surface area contributed by atoms with Crippen LogP contribution in [-0.4, -0.2) is 99.8 Å². The Morgan fingerprint density at radius 1 is 1.15 bits per heavy atom. The molecule has 1 aliphatic carbocycles. The lowest BCUT2D eigenvalue weighted by Crippen LogP contribution is -2.54. The van der Waals surface area contributed by atoms with Gasteiger partial charge in [-0.25, -0.2) is 13.4 Å². The number of sulfonamides is 1. The molecule has 4 rings (SSSR count). The monoisotopic (exact) mass is 494 g/mol. The van der Waals surface area contributed by atoms with Crippen LogP contribution in [0.3, 0.4) is 0 Å². The number of nitrogens with two attached hydrogens (primary N) is 1. The van der Waals surface area contributed by atoms with Crippen molar-refractivity contribution in [2.75, 3.05) is 80.8 Å². The number of hydrogen-bond acceptors (Lipinski definition) is 8. The quantitative estimate of drug-likeness (QED) is 0.572. The third kappa shape index (κ3) is 5.26. The van der Waals surface area contributed by atoms with Gasteiger partial charge in [0.05, 0.1) is 35.8 Å². The molecule has 2 aliphatic heterocycles. The molecule has 2 saturated heterocycles. The van der Waals surface area contributed by atoms with Crippen molar-refractivity contribution in [2.45, 2.75) is 45.1 Å². The minimum Gasteiger partial charge on any atom is -0.396 e. The van der Waals surface area contributed by atoms with E-state index in [0.29, 0.717) is 70.4 Å². The van der Waals surface area contributed by atoms with Gasteiger partial charge in [-0.2, -0.15) is 4.31 Å². The van der Waals surface area contributed by atoms with E-state index in [1.807, 2.05) is 11.0 Å². The number of carbonyl (C=O) groups is 1. The number of amides is 1. The van der Waals surface area contributed by atoms with Gasteiger partial charge in [0.25, 0.3) is 0 Å². The van der Waals surface area contributed by atoms with Crippen LogP contribution in [0.25, 0.3) is 0 Å². The maximum absolute atomic E-state index is 12.5. The molecule has 34 heavy (non-hydrogen) atoms. The first-order valence-corrected chi connectivity index (χ1v) is 13.9. The number of pyridine rings is 1. The van der Waals surface area contributed by atoms with E-state index >= 15 is 0 Å². The lowest BCUT2D eigenvalue weighted by molar-refractivity contribution is -0.134. The van der Waals surface area contributed by atoms with Gasteiger partial charge in [0, 0.05) is 64.9 Å². The summed E-state index contributed by atoms with van der Waals surface area (Å²) in [5.74, 6) is 1.48. The first kappa shape index (κ1) is 25.0. The van der Waals surface area contributed by atoms with Gasteiger partial charge in [0.1, 0.15) is 0 Å². The second-order valence-electron chi connectivity index (χ2n) is 9.49. The molecule has 11 heteroatoms. The predicted molar refractivity (Wildman–Crippen MR) is 134 cm³/mol. The number of aromatic nitrogens is 1. The molecule has 3 aliphatic rings. The highest BCUT2D eigenvalue weighted by Crippen LogP contribution is 2.45. The molecular weight excluding hydrogens is 456 g/mol. The Kier molecular flexibility index (Phi) is 7.54. The lowest BCUT2D eigenvalue weighted by atomic mass is 10.1. The minimum atomic E-state index is -3.17. The summed E-state index contributed by atoms with van der Waals surface area (Å²) >= 11 is 0. The Balaban J connectivity index is 1.49. The molecule has 1 amide bonds. The largest absolute Gasteiger partial charge is 0.396 e. The van der Waals surface area contributed by atoms with Crippen molar-refractivity contribution in [3.8, 4) is 0 Å². The highest BCUT2D eigenvalue weighted by Gasteiger charge is 2.35. The van der Waals surface area contributed by atoms with E-state index in [2.05, 4.69) is 16.7 Å². The Hall–Kier alpha value is -2.11. The van der Waals surface area contributed by atoms with Crippen molar-refractivity contribution in [3.63, 3.8) is 0 Å². The Morgan fingerprint density at radius 3 is 2.41 bits per heavy atom. The Morgan fingerprint density at radius 2 is 1.82 bits per heavy atom. The first-order valence-electron chi connectivity index (χ1n) is 12.3. The van der Waals surface area contributed by atoms with Crippen LogP contribution in [0.1, 0.15) is 44.7 Å². The van der Waals surface area contributed by atoms with Crippen LogP contribution >= 0.6 is 0 Å². The zero-order valence-corrected chi connectivity index (χ0v) is 21.4. The van der Waals surface area contributed by atoms with Crippen LogP contribution in [0.4, 0.5) is 17.2 Å². The molecule has 0 radical (unpaired) electrons. The molecule has 0 aromatic carbocycles. The third-order valence-electron chi connectivity index (χ3n) is 7.11. The second kappa shape index (κ2) is 10.2. The topological polar surface area (TPSA) is 112 Å². The summed E-state index contributed by atoms with van der Waals surface area (Å²) < 4.78 is 31.1. The minimum absolute atomic E-state index is 0.0666. The summed E-state index contributed by atoms with van der Waals surface area (Å²) in [6, 6.07) is 2.10. The molecule has 1 atom stereocenters. The van der Waals surface area contributed by atoms with Gasteiger partial charge in [0.2, 0.25) is 15.9 Å². The number of anilines is 3. The lowest BCUT2D eigenvalue weighted by Gasteiger charge is -2.41. The van der Waals surface area contributed by atoms with E-state index in [0.717, 1.165) is 30.0 Å². The maximum Gasteiger partial charge on any atom is 0.225 e. The summed E-state index contributed by atoms with van der Waals surface area (Å²) in [6.45, 7) is 8.45. The molecule has 3 fully saturated rings. The van der Waals surface area contributed by atoms with Gasteiger partial charge in [-0.3, -0.25) is 4.79 Å². The number of nitrogens with zero attached hydrogens (tertiary/aromatic N) is 5. The highest BCUT2D eigenvalue weighted by atomic mass is 32.2. The van der Waals surface area contributed by atoms with E-state index in [1.165, 1.54) is 0 Å². The van der Waals surface area contributed by atoms with E-state index in [-0.39, 0.29) is 17.7 Å². The molecule has 1 aromatic heterocycles. The molecule has 10 nitrogen and oxygen atoms in total. The van der Waals surface area contributed by atoms with Gasteiger partial charge in [-0.15, -0.1) is 0 Å². The van der Waals surface area contributed by atoms with E-state index in [9.17, 15) is 13.2 Å². The second-order valence-corrected chi connectivity index (χ2v) is 11.7. The fourth-order valence-electron chi connectivity index (χ4n) is 4.93. The molecule has 1 aromatic rings. The van der Waals surface area contributed by atoms with Crippen molar-refractivity contribution in [1.82, 2.24) is 14.2 Å². The molecular formula is C23H38N6O4S. The Labute approximate surface area is 203 Å². The number of piperazine rings is 2. The fraction of sp³-hybridized carbons (Fsp3) is 0.739. The number of carbonyl (C=O) groups excluding carboxylic acids is 1. The van der Waals surface area contributed by atoms with Gasteiger partial charge in [0.15, 0.2) is 5.82 Å². The number of ether oxygens (including phenoxy) is 1. The van der Waals surface area contributed by atoms with Crippen LogP contribution in [0, 0.1) is 0 Å². The molecule has 1 saturated carbocycles. The van der Waals surface area contributed by atoms with E-state index < -0.39 is 10.0 Å². The molecule has 2 N–H and O–H groups in total. The van der Waals surface area contributed by atoms with Gasteiger partial charge in [-0.05, 0) is 32.8 Å². The maximum atomic E-state index is 12.5. The van der Waals surface area contributed by atoms with Crippen LogP contribution in [0.15, 0.2) is 6.07 Å². The van der Waals surface area contributed by atoms with Crippen LogP contribution in [0.2, 0.25) is 0 Å². The SMILES string of the molecule is CCS(=O)(=O)N1CCN(c2cc(N)c(N3CCN(C(=O)CCOC)[C@H](C)C3)nc2C2CC2)CC1. The van der Waals surface area contributed by atoms with Crippen molar-refractivity contribution in [2.24, 2.45) is 0 Å². The summed E-state index contributed by atoms with van der Waals surface area (Å²) in [5, 5.41) is 0. The average molecular weight is 495 g/mol. The highest BCUT2D eigenvalue weighted by molar-refractivity contribution is 7.89. The number of hydrogen-bond donors (Lipinski definition) is 1. The fourth-order valence-corrected chi connectivity index (χ4v) is 6.01. The average Bonchev–Trinajstić information content (AvgIpc) is 3.68. The van der Waals surface area contributed by atoms with Gasteiger partial charge >= 0.3 is 0 Å². The Bertz CT molecular complexity index is 991. The van der Waals surface area contributed by atoms with Crippen LogP contribution < -0.4 is 15.5 Å². The van der Waals surface area contributed by atoms with Crippen molar-refractivity contribution in [3.05, 3.63) is 11.8 Å². The zero-order valence-electron chi connectivity index (χ0n) is 20.6.